The van der Waals surface area contributed by atoms with Crippen LogP contribution in [0.2, 0.25) is 0 Å². The molecule has 2 N–H and O–H groups in total. The molecule has 0 fully saturated rings. The molecule has 146 valence electrons. The van der Waals surface area contributed by atoms with Crippen molar-refractivity contribution < 1.29 is 10.2 Å². The summed E-state index contributed by atoms with van der Waals surface area (Å²) in [4.78, 5) is 0. The SMILES string of the molecule is Cc1cc(C(C)(c2cc(C)c(C)c(C)c2)c2cc(C)c(O)c(C)c2)ccc1O. The van der Waals surface area contributed by atoms with Gasteiger partial charge in [-0.15, -0.1) is 0 Å². The molecule has 1 atom stereocenters. The molecule has 28 heavy (non-hydrogen) atoms. The van der Waals surface area contributed by atoms with Gasteiger partial charge in [-0.2, -0.15) is 0 Å². The maximum absolute atomic E-state index is 10.3. The lowest BCUT2D eigenvalue weighted by molar-refractivity contribution is 0.466. The monoisotopic (exact) mass is 374 g/mol. The molecule has 0 bridgehead atoms. The van der Waals surface area contributed by atoms with Gasteiger partial charge in [-0.25, -0.2) is 0 Å². The molecule has 2 heteroatoms. The number of hydrogen-bond acceptors (Lipinski definition) is 2. The molecular weight excluding hydrogens is 344 g/mol. The maximum atomic E-state index is 10.3. The van der Waals surface area contributed by atoms with Crippen LogP contribution in [0.25, 0.3) is 0 Å². The van der Waals surface area contributed by atoms with Gasteiger partial charge in [0.05, 0.1) is 0 Å². The smallest absolute Gasteiger partial charge is 0.121 e. The number of benzene rings is 3. The largest absolute Gasteiger partial charge is 0.508 e. The fraction of sp³-hybridized carbons (Fsp3) is 0.308. The second-order valence-electron chi connectivity index (χ2n) is 8.32. The van der Waals surface area contributed by atoms with E-state index in [1.807, 2.05) is 26.8 Å². The minimum Gasteiger partial charge on any atom is -0.508 e. The van der Waals surface area contributed by atoms with Gasteiger partial charge in [-0.3, -0.25) is 0 Å². The fourth-order valence-electron chi connectivity index (χ4n) is 4.04. The van der Waals surface area contributed by atoms with Crippen LogP contribution < -0.4 is 0 Å². The summed E-state index contributed by atoms with van der Waals surface area (Å²) in [6, 6.07) is 14.5. The van der Waals surface area contributed by atoms with Crippen LogP contribution in [0.15, 0.2) is 42.5 Å². The summed E-state index contributed by atoms with van der Waals surface area (Å²) in [6.07, 6.45) is 0. The van der Waals surface area contributed by atoms with Crippen LogP contribution in [-0.4, -0.2) is 10.2 Å². The maximum Gasteiger partial charge on any atom is 0.121 e. The van der Waals surface area contributed by atoms with Crippen molar-refractivity contribution in [3.63, 3.8) is 0 Å². The highest BCUT2D eigenvalue weighted by Gasteiger charge is 2.33. The molecule has 0 spiro atoms. The molecule has 0 aliphatic heterocycles. The zero-order valence-electron chi connectivity index (χ0n) is 17.9. The summed E-state index contributed by atoms with van der Waals surface area (Å²) in [5.41, 5.74) is 9.50. The Morgan fingerprint density at radius 2 is 1.00 bits per heavy atom. The van der Waals surface area contributed by atoms with E-state index in [-0.39, 0.29) is 0 Å². The summed E-state index contributed by atoms with van der Waals surface area (Å²) in [6.45, 7) is 14.5. The van der Waals surface area contributed by atoms with Gasteiger partial charge in [-0.05, 0) is 105 Å². The minimum atomic E-state index is -0.412. The van der Waals surface area contributed by atoms with Crippen LogP contribution in [0, 0.1) is 41.5 Å². The van der Waals surface area contributed by atoms with Gasteiger partial charge in [0.25, 0.3) is 0 Å². The summed E-state index contributed by atoms with van der Waals surface area (Å²) in [5, 5.41) is 20.4. The van der Waals surface area contributed by atoms with E-state index < -0.39 is 5.41 Å². The van der Waals surface area contributed by atoms with E-state index >= 15 is 0 Å². The highest BCUT2D eigenvalue weighted by atomic mass is 16.3. The number of hydrogen-bond donors (Lipinski definition) is 2. The van der Waals surface area contributed by atoms with E-state index in [0.717, 1.165) is 27.8 Å². The van der Waals surface area contributed by atoms with E-state index in [1.54, 1.807) is 6.07 Å². The average molecular weight is 375 g/mol. The predicted molar refractivity (Wildman–Crippen MR) is 117 cm³/mol. The molecule has 0 saturated heterocycles. The highest BCUT2D eigenvalue weighted by molar-refractivity contribution is 5.57. The van der Waals surface area contributed by atoms with E-state index in [4.69, 9.17) is 0 Å². The van der Waals surface area contributed by atoms with Gasteiger partial charge < -0.3 is 10.2 Å². The summed E-state index contributed by atoms with van der Waals surface area (Å²) in [5.74, 6) is 0.657. The Bertz CT molecular complexity index is 957. The van der Waals surface area contributed by atoms with Crippen molar-refractivity contribution in [2.45, 2.75) is 53.9 Å². The highest BCUT2D eigenvalue weighted by Crippen LogP contribution is 2.43. The first-order valence-electron chi connectivity index (χ1n) is 9.74. The lowest BCUT2D eigenvalue weighted by Gasteiger charge is -2.34. The Labute approximate surface area is 168 Å². The summed E-state index contributed by atoms with van der Waals surface area (Å²) < 4.78 is 0. The van der Waals surface area contributed by atoms with Crippen molar-refractivity contribution in [1.82, 2.24) is 0 Å². The lowest BCUT2D eigenvalue weighted by Crippen LogP contribution is -2.26. The number of phenolic OH excluding ortho intramolecular Hbond substituents is 2. The van der Waals surface area contributed by atoms with Crippen LogP contribution in [0.3, 0.4) is 0 Å². The van der Waals surface area contributed by atoms with E-state index in [2.05, 4.69) is 58.0 Å². The molecular formula is C26H30O2. The van der Waals surface area contributed by atoms with Gasteiger partial charge in [0.2, 0.25) is 0 Å². The molecule has 0 saturated carbocycles. The van der Waals surface area contributed by atoms with Crippen molar-refractivity contribution in [2.75, 3.05) is 0 Å². The Hall–Kier alpha value is -2.74. The first-order chi connectivity index (χ1) is 13.1. The third kappa shape index (κ3) is 3.17. The van der Waals surface area contributed by atoms with Gasteiger partial charge in [0.1, 0.15) is 11.5 Å². The normalized spacial score (nSPS) is 13.4. The molecule has 0 aromatic heterocycles. The molecule has 0 aliphatic rings. The van der Waals surface area contributed by atoms with Crippen molar-refractivity contribution in [1.29, 1.82) is 0 Å². The van der Waals surface area contributed by atoms with Crippen LogP contribution in [0.4, 0.5) is 0 Å². The lowest BCUT2D eigenvalue weighted by atomic mass is 9.69. The third-order valence-corrected chi connectivity index (χ3v) is 6.35. The van der Waals surface area contributed by atoms with Gasteiger partial charge in [0.15, 0.2) is 0 Å². The predicted octanol–water partition coefficient (Wildman–Crippen LogP) is 6.30. The van der Waals surface area contributed by atoms with Crippen LogP contribution in [0.5, 0.6) is 11.5 Å². The standard InChI is InChI=1S/C26H30O2/c1-15-10-22(11-16(2)20(15)6)26(7,21-8-9-24(27)17(3)12-21)23-13-18(4)25(28)19(5)14-23/h8-14,27-28H,1-7H3. The zero-order valence-corrected chi connectivity index (χ0v) is 17.9. The molecule has 0 heterocycles. The molecule has 0 radical (unpaired) electrons. The Kier molecular flexibility index (Phi) is 5.01. The van der Waals surface area contributed by atoms with Crippen LogP contribution in [0.1, 0.15) is 57.0 Å². The Morgan fingerprint density at radius 1 is 0.571 bits per heavy atom. The van der Waals surface area contributed by atoms with Crippen molar-refractivity contribution >= 4 is 0 Å². The van der Waals surface area contributed by atoms with Gasteiger partial charge in [-0.1, -0.05) is 36.4 Å². The molecule has 3 aromatic rings. The summed E-state index contributed by atoms with van der Waals surface area (Å²) in [7, 11) is 0. The molecule has 2 nitrogen and oxygen atoms in total. The number of aromatic hydroxyl groups is 2. The molecule has 0 aliphatic carbocycles. The second-order valence-corrected chi connectivity index (χ2v) is 8.32. The van der Waals surface area contributed by atoms with Gasteiger partial charge in [0, 0.05) is 5.41 Å². The number of rotatable bonds is 3. The topological polar surface area (TPSA) is 40.5 Å². The third-order valence-electron chi connectivity index (χ3n) is 6.35. The average Bonchev–Trinajstić information content (AvgIpc) is 2.64. The quantitative estimate of drug-likeness (QED) is 0.528. The van der Waals surface area contributed by atoms with E-state index in [1.165, 1.54) is 22.3 Å². The van der Waals surface area contributed by atoms with Crippen LogP contribution >= 0.6 is 0 Å². The Balaban J connectivity index is 2.39. The minimum absolute atomic E-state index is 0.306. The summed E-state index contributed by atoms with van der Waals surface area (Å²) >= 11 is 0. The van der Waals surface area contributed by atoms with Crippen molar-refractivity contribution in [3.05, 3.63) is 92.5 Å². The zero-order chi connectivity index (χ0) is 20.8. The molecule has 3 rings (SSSR count). The first-order valence-corrected chi connectivity index (χ1v) is 9.74. The fourth-order valence-corrected chi connectivity index (χ4v) is 4.04. The van der Waals surface area contributed by atoms with Gasteiger partial charge >= 0.3 is 0 Å². The Morgan fingerprint density at radius 3 is 1.46 bits per heavy atom. The van der Waals surface area contributed by atoms with Crippen molar-refractivity contribution in [3.8, 4) is 11.5 Å². The molecule has 0 amide bonds. The molecule has 1 unspecified atom stereocenters. The molecule has 3 aromatic carbocycles. The number of aryl methyl sites for hydroxylation is 5. The first kappa shape index (κ1) is 20.0. The van der Waals surface area contributed by atoms with Crippen LogP contribution in [-0.2, 0) is 5.41 Å². The second kappa shape index (κ2) is 7.01. The van der Waals surface area contributed by atoms with Crippen molar-refractivity contribution in [2.24, 2.45) is 0 Å². The van der Waals surface area contributed by atoms with E-state index in [9.17, 15) is 10.2 Å². The number of phenols is 2. The van der Waals surface area contributed by atoms with E-state index in [0.29, 0.717) is 11.5 Å².